The maximum Gasteiger partial charge on any atom is 0.310 e. The molecule has 39 heavy (non-hydrogen) atoms. The Morgan fingerprint density at radius 3 is 2.54 bits per heavy atom. The Morgan fingerprint density at radius 1 is 1.05 bits per heavy atom. The van der Waals surface area contributed by atoms with Crippen LogP contribution in [-0.2, 0) is 20.8 Å². The van der Waals surface area contributed by atoms with Crippen LogP contribution in [0.4, 0.5) is 5.69 Å². The van der Waals surface area contributed by atoms with Gasteiger partial charge in [-0.3, -0.25) is 24.2 Å². The second-order valence-electron chi connectivity index (χ2n) is 9.55. The molecule has 2 aromatic carbocycles. The number of benzene rings is 2. The highest BCUT2D eigenvalue weighted by atomic mass is 16.5. The lowest BCUT2D eigenvalue weighted by Gasteiger charge is -2.33. The number of piperazine rings is 1. The summed E-state index contributed by atoms with van der Waals surface area (Å²) >= 11 is 0. The summed E-state index contributed by atoms with van der Waals surface area (Å²) in [6.45, 7) is 5.37. The van der Waals surface area contributed by atoms with Crippen molar-refractivity contribution >= 4 is 23.4 Å². The van der Waals surface area contributed by atoms with Crippen LogP contribution in [0.1, 0.15) is 11.1 Å². The van der Waals surface area contributed by atoms with E-state index in [-0.39, 0.29) is 19.1 Å². The summed E-state index contributed by atoms with van der Waals surface area (Å²) in [6, 6.07) is 14.0. The number of hydrogen-bond donors (Lipinski definition) is 3. The van der Waals surface area contributed by atoms with Crippen molar-refractivity contribution in [3.63, 3.8) is 0 Å². The third kappa shape index (κ3) is 7.80. The highest BCUT2D eigenvalue weighted by molar-refractivity contribution is 6.35. The maximum atomic E-state index is 13.1. The molecule has 4 rings (SSSR count). The van der Waals surface area contributed by atoms with Crippen molar-refractivity contribution in [1.82, 2.24) is 20.4 Å². The van der Waals surface area contributed by atoms with Crippen LogP contribution in [-0.4, -0.2) is 105 Å². The van der Waals surface area contributed by atoms with E-state index >= 15 is 0 Å². The average molecular weight is 534 g/mol. The predicted octanol–water partition coefficient (Wildman–Crippen LogP) is -0.153. The molecule has 10 nitrogen and oxygen atoms in total. The molecule has 0 unspecified atom stereocenters. The van der Waals surface area contributed by atoms with Crippen LogP contribution in [0, 0.1) is 11.8 Å². The Bertz CT molecular complexity index is 1220. The molecule has 3 N–H and O–H groups in total. The number of aliphatic hydroxyl groups excluding tert-OH is 1. The Hall–Kier alpha value is -3.91. The van der Waals surface area contributed by atoms with Crippen molar-refractivity contribution in [1.29, 1.82) is 0 Å². The molecule has 0 spiro atoms. The first-order valence-electron chi connectivity index (χ1n) is 13.2. The molecule has 0 radical (unpaired) electrons. The van der Waals surface area contributed by atoms with Crippen LogP contribution in [0.5, 0.6) is 5.75 Å². The standard InChI is InChI=1S/C29H35N5O5/c1-32-25-20-23(8-5-13-33-14-16-34(17-15-33)18-19-35)9-10-26(25)39-21-24(29(32)38)31-28(37)27(36)30-12-11-22-6-3-2-4-7-22/h2-4,6-7,9-10,20,24,35H,11-19,21H2,1H3,(H,30,36)(H,31,37)/t24-/m0/s1. The molecule has 1 atom stereocenters. The van der Waals surface area contributed by atoms with Gasteiger partial charge in [-0.25, -0.2) is 0 Å². The SMILES string of the molecule is CN1C(=O)[C@@H](NC(=O)C(=O)NCCc2ccccc2)COc2ccc(C#CCN3CCN(CCO)CC3)cc21. The number of rotatable bonds is 7. The fourth-order valence-electron chi connectivity index (χ4n) is 4.51. The Balaban J connectivity index is 1.29. The summed E-state index contributed by atoms with van der Waals surface area (Å²) in [5.41, 5.74) is 2.34. The van der Waals surface area contributed by atoms with E-state index in [1.807, 2.05) is 36.4 Å². The average Bonchev–Trinajstić information content (AvgIpc) is 3.06. The minimum Gasteiger partial charge on any atom is -0.489 e. The van der Waals surface area contributed by atoms with E-state index in [0.717, 1.165) is 37.3 Å². The van der Waals surface area contributed by atoms with Crippen LogP contribution in [0.2, 0.25) is 0 Å². The highest BCUT2D eigenvalue weighted by Gasteiger charge is 2.32. The lowest BCUT2D eigenvalue weighted by Crippen LogP contribution is -2.53. The zero-order valence-electron chi connectivity index (χ0n) is 22.2. The van der Waals surface area contributed by atoms with Gasteiger partial charge >= 0.3 is 11.8 Å². The Morgan fingerprint density at radius 2 is 1.79 bits per heavy atom. The lowest BCUT2D eigenvalue weighted by molar-refractivity contribution is -0.140. The second-order valence-corrected chi connectivity index (χ2v) is 9.55. The van der Waals surface area contributed by atoms with Crippen molar-refractivity contribution in [3.8, 4) is 17.6 Å². The van der Waals surface area contributed by atoms with E-state index in [9.17, 15) is 14.4 Å². The van der Waals surface area contributed by atoms with Crippen LogP contribution in [0.15, 0.2) is 48.5 Å². The van der Waals surface area contributed by atoms with Gasteiger partial charge in [-0.2, -0.15) is 0 Å². The van der Waals surface area contributed by atoms with Gasteiger partial charge in [0.1, 0.15) is 18.4 Å². The molecule has 2 heterocycles. The number of aliphatic hydroxyl groups is 1. The number of ether oxygens (including phenoxy) is 1. The van der Waals surface area contributed by atoms with Crippen molar-refractivity contribution in [2.24, 2.45) is 0 Å². The minimum atomic E-state index is -1.01. The van der Waals surface area contributed by atoms with Crippen LogP contribution >= 0.6 is 0 Å². The van der Waals surface area contributed by atoms with Gasteiger partial charge in [-0.1, -0.05) is 42.2 Å². The molecule has 10 heteroatoms. The quantitative estimate of drug-likeness (QED) is 0.335. The summed E-state index contributed by atoms with van der Waals surface area (Å²) in [5.74, 6) is 4.80. The molecule has 1 fully saturated rings. The van der Waals surface area contributed by atoms with Gasteiger partial charge in [0.2, 0.25) is 0 Å². The number of anilines is 1. The first-order chi connectivity index (χ1) is 18.9. The molecular formula is C29H35N5O5. The number of carbonyl (C=O) groups excluding carboxylic acids is 3. The Labute approximate surface area is 228 Å². The molecule has 2 aliphatic heterocycles. The summed E-state index contributed by atoms with van der Waals surface area (Å²) < 4.78 is 5.82. The van der Waals surface area contributed by atoms with E-state index in [2.05, 4.69) is 32.3 Å². The van der Waals surface area contributed by atoms with E-state index in [0.29, 0.717) is 37.5 Å². The first-order valence-corrected chi connectivity index (χ1v) is 13.2. The molecule has 1 saturated heterocycles. The molecule has 0 aliphatic carbocycles. The lowest BCUT2D eigenvalue weighted by atomic mass is 10.1. The normalized spacial score (nSPS) is 17.7. The smallest absolute Gasteiger partial charge is 0.310 e. The van der Waals surface area contributed by atoms with Gasteiger partial charge < -0.3 is 25.4 Å². The first kappa shape index (κ1) is 28.1. The molecule has 0 saturated carbocycles. The van der Waals surface area contributed by atoms with Gasteiger partial charge in [-0.15, -0.1) is 0 Å². The third-order valence-corrected chi connectivity index (χ3v) is 6.82. The number of fused-ring (bicyclic) bond motifs is 1. The largest absolute Gasteiger partial charge is 0.489 e. The van der Waals surface area contributed by atoms with Crippen molar-refractivity contribution in [2.75, 3.05) is 71.0 Å². The summed E-state index contributed by atoms with van der Waals surface area (Å²) in [4.78, 5) is 43.8. The van der Waals surface area contributed by atoms with Gasteiger partial charge in [-0.05, 0) is 30.2 Å². The second kappa shape index (κ2) is 13.8. The summed E-state index contributed by atoms with van der Waals surface area (Å²) in [6.07, 6.45) is 0.593. The topological polar surface area (TPSA) is 114 Å². The van der Waals surface area contributed by atoms with E-state index < -0.39 is 17.9 Å². The number of nitrogens with zero attached hydrogens (tertiary/aromatic N) is 3. The number of likely N-dealkylation sites (N-methyl/N-ethyl adjacent to an activating group) is 1. The summed E-state index contributed by atoms with van der Waals surface area (Å²) in [7, 11) is 1.61. The molecule has 2 aromatic rings. The van der Waals surface area contributed by atoms with Crippen molar-refractivity contribution < 1.29 is 24.2 Å². The maximum absolute atomic E-state index is 13.1. The molecule has 3 amide bonds. The molecule has 2 aliphatic rings. The number of carbonyl (C=O) groups is 3. The van der Waals surface area contributed by atoms with Crippen LogP contribution in [0.25, 0.3) is 0 Å². The zero-order chi connectivity index (χ0) is 27.6. The van der Waals surface area contributed by atoms with Crippen molar-refractivity contribution in [2.45, 2.75) is 12.5 Å². The third-order valence-electron chi connectivity index (χ3n) is 6.82. The van der Waals surface area contributed by atoms with E-state index in [1.165, 1.54) is 4.90 Å². The van der Waals surface area contributed by atoms with E-state index in [4.69, 9.17) is 9.84 Å². The number of amides is 3. The van der Waals surface area contributed by atoms with Crippen LogP contribution in [0.3, 0.4) is 0 Å². The monoisotopic (exact) mass is 533 g/mol. The van der Waals surface area contributed by atoms with Gasteiger partial charge in [0.15, 0.2) is 0 Å². The van der Waals surface area contributed by atoms with Gasteiger partial charge in [0.25, 0.3) is 5.91 Å². The number of β-amino-alcohol motifs (C(OH)–C–C–N with tert-alkyl or cyclic N) is 1. The number of hydrogen-bond acceptors (Lipinski definition) is 7. The molecule has 0 bridgehead atoms. The molecule has 0 aromatic heterocycles. The van der Waals surface area contributed by atoms with Gasteiger partial charge in [0.05, 0.1) is 18.8 Å². The fourth-order valence-corrected chi connectivity index (χ4v) is 4.51. The fraction of sp³-hybridized carbons (Fsp3) is 0.414. The van der Waals surface area contributed by atoms with E-state index in [1.54, 1.807) is 19.2 Å². The molecule has 206 valence electrons. The minimum absolute atomic E-state index is 0.0908. The molecular weight excluding hydrogens is 498 g/mol. The van der Waals surface area contributed by atoms with Crippen LogP contribution < -0.4 is 20.3 Å². The van der Waals surface area contributed by atoms with Gasteiger partial charge in [0, 0.05) is 51.9 Å². The predicted molar refractivity (Wildman–Crippen MR) is 147 cm³/mol. The van der Waals surface area contributed by atoms with Crippen molar-refractivity contribution in [3.05, 3.63) is 59.7 Å². The number of nitrogens with one attached hydrogen (secondary N) is 2. The summed E-state index contributed by atoms with van der Waals surface area (Å²) in [5, 5.41) is 14.2. The highest BCUT2D eigenvalue weighted by Crippen LogP contribution is 2.31. The Kier molecular flexibility index (Phi) is 9.91. The zero-order valence-corrected chi connectivity index (χ0v) is 22.2.